The lowest BCUT2D eigenvalue weighted by Gasteiger charge is -2.35. The molecule has 0 atom stereocenters. The fourth-order valence-electron chi connectivity index (χ4n) is 6.05. The highest BCUT2D eigenvalue weighted by Gasteiger charge is 2.27. The van der Waals surface area contributed by atoms with Gasteiger partial charge in [0.2, 0.25) is 0 Å². The second kappa shape index (κ2) is 11.8. The van der Waals surface area contributed by atoms with Gasteiger partial charge in [-0.1, -0.05) is 49.6 Å². The molecule has 2 fully saturated rings. The van der Waals surface area contributed by atoms with Gasteiger partial charge in [-0.15, -0.1) is 0 Å². The first kappa shape index (κ1) is 27.7. The SMILES string of the molecule is COc1cc(N2CCN(C(=O)OCc3ccccc3)CC2)c(F)cc1-c1nc2c(c(C3CCCCC3)nn2C)c(=O)[nH]1. The fourth-order valence-corrected chi connectivity index (χ4v) is 6.05. The first-order valence-electron chi connectivity index (χ1n) is 14.5. The lowest BCUT2D eigenvalue weighted by Crippen LogP contribution is -2.49. The highest BCUT2D eigenvalue weighted by atomic mass is 19.1. The predicted molar refractivity (Wildman–Crippen MR) is 157 cm³/mol. The maximum atomic E-state index is 15.6. The van der Waals surface area contributed by atoms with E-state index in [-0.39, 0.29) is 30.0 Å². The van der Waals surface area contributed by atoms with Gasteiger partial charge in [0, 0.05) is 45.2 Å². The first-order chi connectivity index (χ1) is 20.4. The quantitative estimate of drug-likeness (QED) is 0.346. The van der Waals surface area contributed by atoms with E-state index in [0.717, 1.165) is 36.9 Å². The number of hydrogen-bond donors (Lipinski definition) is 1. The number of nitrogens with zero attached hydrogens (tertiary/aromatic N) is 5. The van der Waals surface area contributed by atoms with Crippen LogP contribution < -0.4 is 15.2 Å². The molecule has 3 heterocycles. The van der Waals surface area contributed by atoms with Crippen LogP contribution in [0.5, 0.6) is 5.75 Å². The van der Waals surface area contributed by atoms with Crippen LogP contribution in [0.25, 0.3) is 22.4 Å². The van der Waals surface area contributed by atoms with Gasteiger partial charge in [-0.25, -0.2) is 18.9 Å². The number of aryl methyl sites for hydroxylation is 1. The van der Waals surface area contributed by atoms with E-state index in [1.807, 2.05) is 35.2 Å². The van der Waals surface area contributed by atoms with Crippen molar-refractivity contribution in [1.29, 1.82) is 0 Å². The average Bonchev–Trinajstić information content (AvgIpc) is 3.37. The Balaban J connectivity index is 1.20. The minimum atomic E-state index is -0.471. The van der Waals surface area contributed by atoms with Gasteiger partial charge in [0.15, 0.2) is 5.65 Å². The molecule has 220 valence electrons. The summed E-state index contributed by atoms with van der Waals surface area (Å²) in [5.41, 5.74) is 2.60. The normalized spacial score (nSPS) is 16.2. The second-order valence-electron chi connectivity index (χ2n) is 11.0. The lowest BCUT2D eigenvalue weighted by molar-refractivity contribution is 0.0941. The van der Waals surface area contributed by atoms with E-state index in [1.54, 1.807) is 22.7 Å². The molecular weight excluding hydrogens is 539 g/mol. The number of fused-ring (bicyclic) bond motifs is 1. The molecular formula is C31H35FN6O4. The van der Waals surface area contributed by atoms with Gasteiger partial charge < -0.3 is 24.3 Å². The van der Waals surface area contributed by atoms with E-state index in [2.05, 4.69) is 10.1 Å². The Morgan fingerprint density at radius 1 is 1.07 bits per heavy atom. The van der Waals surface area contributed by atoms with Crippen LogP contribution in [-0.4, -0.2) is 64.0 Å². The number of rotatable bonds is 6. The molecule has 2 aliphatic rings. The van der Waals surface area contributed by atoms with Crippen LogP contribution in [0.4, 0.5) is 14.9 Å². The number of aromatic amines is 1. The minimum Gasteiger partial charge on any atom is -0.496 e. The number of H-pyrrole nitrogens is 1. The molecule has 2 aromatic carbocycles. The molecule has 0 bridgehead atoms. The molecule has 10 nitrogen and oxygen atoms in total. The van der Waals surface area contributed by atoms with E-state index in [0.29, 0.717) is 54.2 Å². The number of anilines is 1. The number of methoxy groups -OCH3 is 1. The highest BCUT2D eigenvalue weighted by molar-refractivity contribution is 5.81. The molecule has 0 unspecified atom stereocenters. The van der Waals surface area contributed by atoms with Crippen molar-refractivity contribution in [2.45, 2.75) is 44.6 Å². The van der Waals surface area contributed by atoms with E-state index in [1.165, 1.54) is 19.6 Å². The maximum absolute atomic E-state index is 15.6. The van der Waals surface area contributed by atoms with Crippen molar-refractivity contribution in [1.82, 2.24) is 24.6 Å². The monoisotopic (exact) mass is 574 g/mol. The summed E-state index contributed by atoms with van der Waals surface area (Å²) in [6.07, 6.45) is 5.09. The van der Waals surface area contributed by atoms with Crippen molar-refractivity contribution in [3.8, 4) is 17.1 Å². The summed E-state index contributed by atoms with van der Waals surface area (Å²) in [6.45, 7) is 1.86. The molecule has 42 heavy (non-hydrogen) atoms. The number of halogens is 1. The summed E-state index contributed by atoms with van der Waals surface area (Å²) < 4.78 is 28.3. The van der Waals surface area contributed by atoms with Gasteiger partial charge in [-0.2, -0.15) is 5.10 Å². The minimum absolute atomic E-state index is 0.204. The number of carbonyl (C=O) groups excluding carboxylic acids is 1. The number of aromatic nitrogens is 4. The second-order valence-corrected chi connectivity index (χ2v) is 11.0. The molecule has 1 aliphatic carbocycles. The van der Waals surface area contributed by atoms with Crippen molar-refractivity contribution in [3.63, 3.8) is 0 Å². The number of ether oxygens (including phenoxy) is 2. The van der Waals surface area contributed by atoms with Crippen LogP contribution in [0.1, 0.15) is 49.3 Å². The van der Waals surface area contributed by atoms with Gasteiger partial charge in [0.1, 0.15) is 29.4 Å². The Hall–Kier alpha value is -4.41. The summed E-state index contributed by atoms with van der Waals surface area (Å²) in [5, 5.41) is 5.18. The van der Waals surface area contributed by atoms with Gasteiger partial charge in [-0.05, 0) is 24.5 Å². The molecule has 1 saturated heterocycles. The molecule has 11 heteroatoms. The molecule has 1 amide bonds. The Labute approximate surface area is 243 Å². The van der Waals surface area contributed by atoms with Gasteiger partial charge in [0.25, 0.3) is 5.56 Å². The van der Waals surface area contributed by atoms with E-state index < -0.39 is 5.82 Å². The molecule has 6 rings (SSSR count). The molecule has 0 radical (unpaired) electrons. The van der Waals surface area contributed by atoms with Gasteiger partial charge in [0.05, 0.1) is 24.1 Å². The smallest absolute Gasteiger partial charge is 0.410 e. The maximum Gasteiger partial charge on any atom is 0.410 e. The molecule has 1 aliphatic heterocycles. The van der Waals surface area contributed by atoms with E-state index in [4.69, 9.17) is 14.5 Å². The van der Waals surface area contributed by atoms with Crippen LogP contribution in [0.2, 0.25) is 0 Å². The van der Waals surface area contributed by atoms with Crippen LogP contribution >= 0.6 is 0 Å². The number of benzene rings is 2. The number of nitrogens with one attached hydrogen (secondary N) is 1. The summed E-state index contributed by atoms with van der Waals surface area (Å²) in [4.78, 5) is 37.0. The van der Waals surface area contributed by atoms with Crippen LogP contribution in [-0.2, 0) is 18.4 Å². The third-order valence-corrected chi connectivity index (χ3v) is 8.32. The predicted octanol–water partition coefficient (Wildman–Crippen LogP) is 4.98. The van der Waals surface area contributed by atoms with E-state index >= 15 is 4.39 Å². The Morgan fingerprint density at radius 3 is 2.52 bits per heavy atom. The van der Waals surface area contributed by atoms with Crippen LogP contribution in [0.15, 0.2) is 47.3 Å². The highest BCUT2D eigenvalue weighted by Crippen LogP contribution is 2.37. The Bertz CT molecular complexity index is 1640. The number of hydrogen-bond acceptors (Lipinski definition) is 7. The van der Waals surface area contributed by atoms with Crippen molar-refractivity contribution < 1.29 is 18.7 Å². The summed E-state index contributed by atoms with van der Waals surface area (Å²) >= 11 is 0. The largest absolute Gasteiger partial charge is 0.496 e. The lowest BCUT2D eigenvalue weighted by atomic mass is 9.86. The number of amides is 1. The topological polar surface area (TPSA) is 106 Å². The van der Waals surface area contributed by atoms with Crippen LogP contribution in [0.3, 0.4) is 0 Å². The number of piperazine rings is 1. The molecule has 0 spiro atoms. The molecule has 1 saturated carbocycles. The zero-order valence-corrected chi connectivity index (χ0v) is 23.9. The Morgan fingerprint density at radius 2 is 1.81 bits per heavy atom. The summed E-state index contributed by atoms with van der Waals surface area (Å²) in [5.74, 6) is 0.377. The third-order valence-electron chi connectivity index (χ3n) is 8.32. The van der Waals surface area contributed by atoms with Crippen molar-refractivity contribution in [2.24, 2.45) is 7.05 Å². The molecule has 2 aromatic heterocycles. The van der Waals surface area contributed by atoms with Crippen LogP contribution in [0, 0.1) is 5.82 Å². The van der Waals surface area contributed by atoms with E-state index in [9.17, 15) is 9.59 Å². The van der Waals surface area contributed by atoms with Gasteiger partial charge >= 0.3 is 6.09 Å². The third kappa shape index (κ3) is 5.43. The fraction of sp³-hybridized carbons (Fsp3) is 0.419. The first-order valence-corrected chi connectivity index (χ1v) is 14.5. The summed E-state index contributed by atoms with van der Waals surface area (Å²) in [7, 11) is 3.28. The summed E-state index contributed by atoms with van der Waals surface area (Å²) in [6, 6.07) is 12.5. The standard InChI is InChI=1S/C31H35FN6O4/c1-36-29-26(27(35-36)21-11-7-4-8-12-21)30(39)34-28(33-29)22-17-23(32)24(18-25(22)41-2)37-13-15-38(16-14-37)31(40)42-19-20-9-5-3-6-10-20/h3,5-6,9-10,17-18,21H,4,7-8,11-16,19H2,1-2H3,(H,33,34,39). The van der Waals surface area contributed by atoms with Crippen molar-refractivity contribution in [2.75, 3.05) is 38.2 Å². The van der Waals surface area contributed by atoms with Gasteiger partial charge in [-0.3, -0.25) is 4.79 Å². The molecule has 1 N–H and O–H groups in total. The zero-order valence-electron chi connectivity index (χ0n) is 23.9. The average molecular weight is 575 g/mol. The number of carbonyl (C=O) groups is 1. The zero-order chi connectivity index (χ0) is 29.2. The van der Waals surface area contributed by atoms with Crippen molar-refractivity contribution in [3.05, 3.63) is 69.9 Å². The molecule has 4 aromatic rings. The Kier molecular flexibility index (Phi) is 7.82. The van der Waals surface area contributed by atoms with Crippen molar-refractivity contribution >= 4 is 22.8 Å².